The van der Waals surface area contributed by atoms with Crippen molar-refractivity contribution in [2.24, 2.45) is 0 Å². The summed E-state index contributed by atoms with van der Waals surface area (Å²) in [6.07, 6.45) is 0.416. The van der Waals surface area contributed by atoms with Crippen molar-refractivity contribution in [3.63, 3.8) is 0 Å². The van der Waals surface area contributed by atoms with Gasteiger partial charge in [0.2, 0.25) is 0 Å². The summed E-state index contributed by atoms with van der Waals surface area (Å²) in [5.74, 6) is 1.32. The normalized spacial score (nSPS) is 14.8. The molecule has 0 spiro atoms. The molecule has 0 saturated heterocycles. The van der Waals surface area contributed by atoms with Crippen molar-refractivity contribution in [2.75, 3.05) is 24.7 Å². The van der Waals surface area contributed by atoms with E-state index in [2.05, 4.69) is 4.90 Å². The number of aliphatic hydroxyl groups excluding tert-OH is 1. The quantitative estimate of drug-likeness (QED) is 0.891. The van der Waals surface area contributed by atoms with Gasteiger partial charge in [-0.15, -0.1) is 0 Å². The number of aliphatic hydroxyl groups is 1. The van der Waals surface area contributed by atoms with Crippen LogP contribution in [0.4, 0.5) is 5.69 Å². The van der Waals surface area contributed by atoms with Gasteiger partial charge in [-0.05, 0) is 36.8 Å². The molecule has 0 saturated carbocycles. The zero-order valence-corrected chi connectivity index (χ0v) is 14.5. The molecule has 128 valence electrons. The van der Waals surface area contributed by atoms with Crippen LogP contribution in [-0.4, -0.2) is 31.0 Å². The van der Waals surface area contributed by atoms with Gasteiger partial charge in [0.25, 0.3) is 0 Å². The van der Waals surface area contributed by atoms with Gasteiger partial charge in [-0.2, -0.15) is 0 Å². The van der Waals surface area contributed by atoms with Crippen molar-refractivity contribution in [3.05, 3.63) is 53.1 Å². The van der Waals surface area contributed by atoms with Gasteiger partial charge >= 0.3 is 0 Å². The summed E-state index contributed by atoms with van der Waals surface area (Å²) in [7, 11) is 0. The fourth-order valence-electron chi connectivity index (χ4n) is 2.81. The minimum Gasteiger partial charge on any atom is -0.489 e. The molecule has 1 atom stereocenters. The molecule has 2 aromatic rings. The molecule has 4 nitrogen and oxygen atoms in total. The van der Waals surface area contributed by atoms with Crippen LogP contribution in [0.25, 0.3) is 0 Å². The van der Waals surface area contributed by atoms with Crippen molar-refractivity contribution in [3.8, 4) is 11.5 Å². The highest BCUT2D eigenvalue weighted by Crippen LogP contribution is 2.38. The van der Waals surface area contributed by atoms with E-state index in [1.165, 1.54) is 0 Å². The van der Waals surface area contributed by atoms with Gasteiger partial charge in [0.05, 0.1) is 24.3 Å². The lowest BCUT2D eigenvalue weighted by atomic mass is 10.1. The predicted octanol–water partition coefficient (Wildman–Crippen LogP) is 3.89. The van der Waals surface area contributed by atoms with Gasteiger partial charge in [0, 0.05) is 25.2 Å². The Morgan fingerprint density at radius 3 is 2.67 bits per heavy atom. The molecule has 0 aromatic heterocycles. The van der Waals surface area contributed by atoms with Crippen molar-refractivity contribution in [1.29, 1.82) is 0 Å². The molecule has 1 aliphatic rings. The maximum absolute atomic E-state index is 9.83. The summed E-state index contributed by atoms with van der Waals surface area (Å²) in [6.45, 7) is 4.20. The molecule has 0 aliphatic carbocycles. The Balaban J connectivity index is 1.87. The number of hydrogen-bond donors (Lipinski definition) is 1. The summed E-state index contributed by atoms with van der Waals surface area (Å²) in [4.78, 5) is 2.13. The summed E-state index contributed by atoms with van der Waals surface area (Å²) >= 11 is 6.38. The Morgan fingerprint density at radius 2 is 1.92 bits per heavy atom. The molecule has 0 radical (unpaired) electrons. The topological polar surface area (TPSA) is 41.9 Å². The summed E-state index contributed by atoms with van der Waals surface area (Å²) in [6, 6.07) is 13.9. The van der Waals surface area contributed by atoms with Crippen LogP contribution < -0.4 is 14.4 Å². The summed E-state index contributed by atoms with van der Waals surface area (Å²) < 4.78 is 11.4. The van der Waals surface area contributed by atoms with E-state index in [1.54, 1.807) is 6.92 Å². The number of hydrogen-bond acceptors (Lipinski definition) is 4. The molecule has 1 heterocycles. The minimum absolute atomic E-state index is 0.430. The molecule has 0 bridgehead atoms. The van der Waals surface area contributed by atoms with Crippen LogP contribution in [0.1, 0.15) is 18.9 Å². The number of nitrogens with zero attached hydrogens (tertiary/aromatic N) is 1. The number of ether oxygens (including phenoxy) is 2. The van der Waals surface area contributed by atoms with E-state index < -0.39 is 6.10 Å². The molecule has 0 amide bonds. The Kier molecular flexibility index (Phi) is 5.48. The molecule has 2 aromatic carbocycles. The first-order valence-electron chi connectivity index (χ1n) is 8.19. The third-order valence-corrected chi connectivity index (χ3v) is 4.12. The van der Waals surface area contributed by atoms with Crippen LogP contribution in [0.3, 0.4) is 0 Å². The minimum atomic E-state index is -0.430. The van der Waals surface area contributed by atoms with Crippen LogP contribution >= 0.6 is 11.6 Å². The number of benzene rings is 2. The fourth-order valence-corrected chi connectivity index (χ4v) is 3.10. The van der Waals surface area contributed by atoms with Crippen LogP contribution in [0, 0.1) is 0 Å². The Bertz CT molecular complexity index is 676. The second-order valence-corrected chi connectivity index (χ2v) is 6.43. The molecule has 1 N–H and O–H groups in total. The van der Waals surface area contributed by atoms with Crippen LogP contribution in [-0.2, 0) is 6.54 Å². The molecular weight excluding hydrogens is 326 g/mol. The Morgan fingerprint density at radius 1 is 1.17 bits per heavy atom. The van der Waals surface area contributed by atoms with E-state index in [-0.39, 0.29) is 0 Å². The highest BCUT2D eigenvalue weighted by Gasteiger charge is 2.17. The van der Waals surface area contributed by atoms with E-state index in [9.17, 15) is 5.11 Å². The average Bonchev–Trinajstić information content (AvgIpc) is 2.80. The lowest BCUT2D eigenvalue weighted by molar-refractivity contribution is 0.199. The maximum atomic E-state index is 9.83. The Hall–Kier alpha value is -1.91. The number of anilines is 1. The van der Waals surface area contributed by atoms with Crippen molar-refractivity contribution in [1.82, 2.24) is 0 Å². The second kappa shape index (κ2) is 7.77. The van der Waals surface area contributed by atoms with Gasteiger partial charge in [-0.25, -0.2) is 0 Å². The number of para-hydroxylation sites is 1. The zero-order chi connectivity index (χ0) is 16.9. The lowest BCUT2D eigenvalue weighted by Crippen LogP contribution is -2.30. The predicted molar refractivity (Wildman–Crippen MR) is 96.2 cm³/mol. The third-order valence-electron chi connectivity index (χ3n) is 3.84. The maximum Gasteiger partial charge on any atom is 0.179 e. The fraction of sp³-hybridized carbons (Fsp3) is 0.368. The lowest BCUT2D eigenvalue weighted by Gasteiger charge is -2.26. The van der Waals surface area contributed by atoms with Crippen molar-refractivity contribution >= 4 is 17.3 Å². The van der Waals surface area contributed by atoms with E-state index in [4.69, 9.17) is 21.1 Å². The first kappa shape index (κ1) is 16.9. The van der Waals surface area contributed by atoms with Gasteiger partial charge in [-0.1, -0.05) is 29.8 Å². The number of rotatable bonds is 5. The second-order valence-electron chi connectivity index (χ2n) is 6.02. The van der Waals surface area contributed by atoms with E-state index in [0.29, 0.717) is 42.8 Å². The van der Waals surface area contributed by atoms with E-state index >= 15 is 0 Å². The molecular formula is C19H22ClNO3. The summed E-state index contributed by atoms with van der Waals surface area (Å²) in [5, 5.41) is 10.4. The van der Waals surface area contributed by atoms with Gasteiger partial charge in [-0.3, -0.25) is 0 Å². The first-order valence-corrected chi connectivity index (χ1v) is 8.57. The molecule has 0 fully saturated rings. The smallest absolute Gasteiger partial charge is 0.179 e. The number of fused-ring (bicyclic) bond motifs is 1. The van der Waals surface area contributed by atoms with Crippen molar-refractivity contribution < 1.29 is 14.6 Å². The standard InChI is InChI=1S/C19H22ClNO3/c1-14(22)12-21(16-6-3-2-4-7-16)13-15-10-17(20)19-18(11-15)23-8-5-9-24-19/h2-4,6-7,10-11,14,22H,5,8-9,12-13H2,1H3. The van der Waals surface area contributed by atoms with Crippen LogP contribution in [0.15, 0.2) is 42.5 Å². The van der Waals surface area contributed by atoms with Crippen molar-refractivity contribution in [2.45, 2.75) is 26.0 Å². The third kappa shape index (κ3) is 4.13. The molecule has 1 aliphatic heterocycles. The first-order chi connectivity index (χ1) is 11.6. The highest BCUT2D eigenvalue weighted by atomic mass is 35.5. The molecule has 3 rings (SSSR count). The molecule has 1 unspecified atom stereocenters. The van der Waals surface area contributed by atoms with E-state index in [0.717, 1.165) is 17.7 Å². The average molecular weight is 348 g/mol. The molecule has 5 heteroatoms. The van der Waals surface area contributed by atoms with Gasteiger partial charge in [0.1, 0.15) is 0 Å². The zero-order valence-electron chi connectivity index (χ0n) is 13.7. The summed E-state index contributed by atoms with van der Waals surface area (Å²) in [5.41, 5.74) is 2.08. The molecule has 24 heavy (non-hydrogen) atoms. The monoisotopic (exact) mass is 347 g/mol. The van der Waals surface area contributed by atoms with E-state index in [1.807, 2.05) is 42.5 Å². The Labute approximate surface area is 147 Å². The number of halogens is 1. The van der Waals surface area contributed by atoms with Gasteiger partial charge < -0.3 is 19.5 Å². The van der Waals surface area contributed by atoms with Crippen LogP contribution in [0.2, 0.25) is 5.02 Å². The highest BCUT2D eigenvalue weighted by molar-refractivity contribution is 6.32. The van der Waals surface area contributed by atoms with Crippen LogP contribution in [0.5, 0.6) is 11.5 Å². The SMILES string of the molecule is CC(O)CN(Cc1cc(Cl)c2c(c1)OCCCO2)c1ccccc1. The van der Waals surface area contributed by atoms with Gasteiger partial charge in [0.15, 0.2) is 11.5 Å². The largest absolute Gasteiger partial charge is 0.489 e.